The molecule has 0 spiro atoms. The zero-order valence-corrected chi connectivity index (χ0v) is 21.8. The van der Waals surface area contributed by atoms with Gasteiger partial charge in [-0.05, 0) is 60.2 Å². The summed E-state index contributed by atoms with van der Waals surface area (Å²) >= 11 is 6.12. The molecule has 0 aromatic heterocycles. The molecule has 8 nitrogen and oxygen atoms in total. The van der Waals surface area contributed by atoms with E-state index in [1.54, 1.807) is 59.7 Å². The number of hydrogen-bond donors (Lipinski definition) is 0. The van der Waals surface area contributed by atoms with Crippen LogP contribution in [0.25, 0.3) is 0 Å². The zero-order chi connectivity index (χ0) is 27.1. The highest BCUT2D eigenvalue weighted by Gasteiger charge is 2.60. The van der Waals surface area contributed by atoms with Crippen molar-refractivity contribution in [2.75, 3.05) is 9.96 Å². The highest BCUT2D eigenvalue weighted by molar-refractivity contribution is 7.87. The molecule has 0 N–H and O–H groups in total. The van der Waals surface area contributed by atoms with E-state index in [-0.39, 0.29) is 10.6 Å². The van der Waals surface area contributed by atoms with Crippen molar-refractivity contribution in [3.8, 4) is 5.75 Å². The number of para-hydroxylation sites is 1. The number of hydrogen-bond acceptors (Lipinski definition) is 7. The van der Waals surface area contributed by atoms with Crippen LogP contribution in [0, 0.1) is 5.92 Å². The molecule has 10 heteroatoms. The van der Waals surface area contributed by atoms with Gasteiger partial charge in [0.05, 0.1) is 17.4 Å². The van der Waals surface area contributed by atoms with Crippen LogP contribution in [0.5, 0.6) is 5.75 Å². The Bertz CT molecular complexity index is 1650. The molecule has 2 saturated heterocycles. The number of carbonyl (C=O) groups excluding carboxylic acids is 2. The van der Waals surface area contributed by atoms with E-state index in [4.69, 9.17) is 20.6 Å². The summed E-state index contributed by atoms with van der Waals surface area (Å²) in [6, 6.07) is 29.2. The number of imide groups is 1. The summed E-state index contributed by atoms with van der Waals surface area (Å²) in [4.78, 5) is 34.4. The second kappa shape index (κ2) is 9.85. The minimum Gasteiger partial charge on any atom is -0.379 e. The summed E-state index contributed by atoms with van der Waals surface area (Å²) in [5, 5.41) is 1.96. The van der Waals surface area contributed by atoms with Crippen LogP contribution < -0.4 is 14.1 Å². The molecule has 6 rings (SSSR count). The summed E-state index contributed by atoms with van der Waals surface area (Å²) in [6.45, 7) is 0. The summed E-state index contributed by atoms with van der Waals surface area (Å²) in [6.07, 6.45) is -1.05. The number of benzene rings is 4. The SMILES string of the molecule is O=C1[C@H]2[C@@H](c3ccc(OS(=O)(=O)c4ccccc4)cc3)N(c3ccccc3)O[C@H]2C(=O)N1c1cccc(Cl)c1. The molecule has 0 aliphatic carbocycles. The van der Waals surface area contributed by atoms with Gasteiger partial charge in [0.1, 0.15) is 16.6 Å². The minimum absolute atomic E-state index is 0.0348. The molecule has 0 bridgehead atoms. The summed E-state index contributed by atoms with van der Waals surface area (Å²) in [5.74, 6) is -1.64. The van der Waals surface area contributed by atoms with Crippen molar-refractivity contribution in [1.82, 2.24) is 0 Å². The molecule has 196 valence electrons. The van der Waals surface area contributed by atoms with E-state index >= 15 is 0 Å². The third-order valence-corrected chi connectivity index (χ3v) is 8.15. The number of rotatable bonds is 6. The van der Waals surface area contributed by atoms with Crippen LogP contribution >= 0.6 is 11.6 Å². The first-order valence-electron chi connectivity index (χ1n) is 12.1. The van der Waals surface area contributed by atoms with Crippen LogP contribution in [0.15, 0.2) is 114 Å². The topological polar surface area (TPSA) is 93.2 Å². The fourth-order valence-corrected chi connectivity index (χ4v) is 6.04. The molecule has 2 aliphatic rings. The monoisotopic (exact) mass is 560 g/mol. The normalized spacial score (nSPS) is 20.8. The third kappa shape index (κ3) is 4.54. The number of anilines is 2. The van der Waals surface area contributed by atoms with Crippen LogP contribution in [-0.4, -0.2) is 26.3 Å². The Kier molecular flexibility index (Phi) is 6.34. The number of carbonyl (C=O) groups is 2. The summed E-state index contributed by atoms with van der Waals surface area (Å²) in [5.41, 5.74) is 1.68. The molecule has 4 aromatic rings. The van der Waals surface area contributed by atoms with Gasteiger partial charge in [-0.25, -0.2) is 9.96 Å². The van der Waals surface area contributed by atoms with Gasteiger partial charge in [0.15, 0.2) is 6.10 Å². The summed E-state index contributed by atoms with van der Waals surface area (Å²) in [7, 11) is -4.02. The van der Waals surface area contributed by atoms with Crippen LogP contribution in [0.2, 0.25) is 5.02 Å². The maximum atomic E-state index is 13.7. The van der Waals surface area contributed by atoms with E-state index in [1.807, 2.05) is 30.3 Å². The Morgan fingerprint density at radius 3 is 2.05 bits per heavy atom. The fourth-order valence-electron chi connectivity index (χ4n) is 4.90. The Morgan fingerprint density at radius 2 is 1.38 bits per heavy atom. The number of hydroxylamine groups is 1. The van der Waals surface area contributed by atoms with Crippen molar-refractivity contribution in [3.05, 3.63) is 120 Å². The molecule has 0 unspecified atom stereocenters. The van der Waals surface area contributed by atoms with Crippen LogP contribution in [0.1, 0.15) is 11.6 Å². The average molecular weight is 561 g/mol. The quantitative estimate of drug-likeness (QED) is 0.237. The molecule has 2 amide bonds. The number of fused-ring (bicyclic) bond motifs is 1. The van der Waals surface area contributed by atoms with Crippen molar-refractivity contribution in [3.63, 3.8) is 0 Å². The van der Waals surface area contributed by atoms with E-state index in [0.29, 0.717) is 22.0 Å². The molecule has 3 atom stereocenters. The first-order valence-corrected chi connectivity index (χ1v) is 13.9. The predicted octanol–water partition coefficient (Wildman–Crippen LogP) is 5.16. The molecule has 2 fully saturated rings. The van der Waals surface area contributed by atoms with Gasteiger partial charge in [0.2, 0.25) is 5.91 Å². The minimum atomic E-state index is -4.02. The molecule has 2 heterocycles. The van der Waals surface area contributed by atoms with E-state index in [9.17, 15) is 18.0 Å². The average Bonchev–Trinajstić information content (AvgIpc) is 3.45. The number of nitrogens with zero attached hydrogens (tertiary/aromatic N) is 2. The standard InChI is InChI=1S/C29H21ClN2O6S/c30-20-8-7-11-22(18-20)31-28(33)25-26(32(37-27(25)29(31)34)21-9-3-1-4-10-21)19-14-16-23(17-15-19)38-39(35,36)24-12-5-2-6-13-24/h1-18,25-27H/t25-,26+,27+/m0/s1. The van der Waals surface area contributed by atoms with Gasteiger partial charge in [-0.15, -0.1) is 0 Å². The van der Waals surface area contributed by atoms with Gasteiger partial charge in [0, 0.05) is 5.02 Å². The van der Waals surface area contributed by atoms with Crippen molar-refractivity contribution in [2.45, 2.75) is 17.0 Å². The lowest BCUT2D eigenvalue weighted by atomic mass is 9.90. The van der Waals surface area contributed by atoms with Gasteiger partial charge in [-0.1, -0.05) is 66.2 Å². The van der Waals surface area contributed by atoms with E-state index in [0.717, 1.165) is 4.90 Å². The molecule has 39 heavy (non-hydrogen) atoms. The van der Waals surface area contributed by atoms with Crippen molar-refractivity contribution in [1.29, 1.82) is 0 Å². The maximum absolute atomic E-state index is 13.7. The first-order chi connectivity index (χ1) is 18.8. The molecule has 4 aromatic carbocycles. The van der Waals surface area contributed by atoms with E-state index in [1.165, 1.54) is 24.3 Å². The Labute approximate surface area is 230 Å². The molecule has 2 aliphatic heterocycles. The lowest BCUT2D eigenvalue weighted by Crippen LogP contribution is -2.37. The maximum Gasteiger partial charge on any atom is 0.339 e. The molecular formula is C29H21ClN2O6S. The Morgan fingerprint density at radius 1 is 0.744 bits per heavy atom. The Balaban J connectivity index is 1.35. The van der Waals surface area contributed by atoms with Crippen molar-refractivity contribution in [2.24, 2.45) is 5.92 Å². The van der Waals surface area contributed by atoms with E-state index < -0.39 is 40.0 Å². The lowest BCUT2D eigenvalue weighted by molar-refractivity contribution is -0.126. The number of halogens is 1. The van der Waals surface area contributed by atoms with E-state index in [2.05, 4.69) is 0 Å². The number of amides is 2. The molecule has 0 radical (unpaired) electrons. The van der Waals surface area contributed by atoms with Gasteiger partial charge < -0.3 is 4.18 Å². The third-order valence-electron chi connectivity index (χ3n) is 6.65. The molecule has 0 saturated carbocycles. The van der Waals surface area contributed by atoms with Gasteiger partial charge >= 0.3 is 10.1 Å². The lowest BCUT2D eigenvalue weighted by Gasteiger charge is -2.28. The first kappa shape index (κ1) is 25.1. The highest BCUT2D eigenvalue weighted by Crippen LogP contribution is 2.48. The van der Waals surface area contributed by atoms with Crippen LogP contribution in [-0.2, 0) is 24.5 Å². The van der Waals surface area contributed by atoms with Crippen LogP contribution in [0.3, 0.4) is 0 Å². The highest BCUT2D eigenvalue weighted by atomic mass is 35.5. The summed E-state index contributed by atoms with van der Waals surface area (Å²) < 4.78 is 30.6. The second-order valence-electron chi connectivity index (χ2n) is 9.07. The van der Waals surface area contributed by atoms with Gasteiger partial charge in [0.25, 0.3) is 5.91 Å². The largest absolute Gasteiger partial charge is 0.379 e. The smallest absolute Gasteiger partial charge is 0.339 e. The predicted molar refractivity (Wildman–Crippen MR) is 145 cm³/mol. The molecular weight excluding hydrogens is 540 g/mol. The zero-order valence-electron chi connectivity index (χ0n) is 20.3. The van der Waals surface area contributed by atoms with Crippen molar-refractivity contribution < 1.29 is 27.0 Å². The van der Waals surface area contributed by atoms with Gasteiger partial charge in [-0.2, -0.15) is 8.42 Å². The van der Waals surface area contributed by atoms with Crippen molar-refractivity contribution >= 4 is 44.9 Å². The fraction of sp³-hybridized carbons (Fsp3) is 0.103. The van der Waals surface area contributed by atoms with Crippen LogP contribution in [0.4, 0.5) is 11.4 Å². The van der Waals surface area contributed by atoms with Gasteiger partial charge in [-0.3, -0.25) is 14.4 Å². The second-order valence-corrected chi connectivity index (χ2v) is 11.1. The Hall–Kier alpha value is -4.18.